The van der Waals surface area contributed by atoms with Crippen LogP contribution < -0.4 is 0 Å². The zero-order valence-corrected chi connectivity index (χ0v) is 10.8. The molecule has 1 fully saturated rings. The van der Waals surface area contributed by atoms with E-state index >= 15 is 0 Å². The lowest BCUT2D eigenvalue weighted by Crippen LogP contribution is -2.24. The number of hydrogen-bond acceptors (Lipinski definition) is 1. The molecule has 0 aromatic rings. The van der Waals surface area contributed by atoms with Gasteiger partial charge in [-0.1, -0.05) is 37.1 Å². The van der Waals surface area contributed by atoms with Gasteiger partial charge in [0.05, 0.1) is 6.10 Å². The van der Waals surface area contributed by atoms with E-state index in [0.717, 1.165) is 12.8 Å². The Morgan fingerprint density at radius 2 is 2.00 bits per heavy atom. The maximum absolute atomic E-state index is 10.2. The van der Waals surface area contributed by atoms with Crippen molar-refractivity contribution >= 4 is 0 Å². The van der Waals surface area contributed by atoms with E-state index in [-0.39, 0.29) is 6.10 Å². The smallest absolute Gasteiger partial charge is 0.0611 e. The number of aliphatic hydroxyl groups excluding tert-OH is 1. The molecular formula is C15H24O. The Balaban J connectivity index is 2.30. The van der Waals surface area contributed by atoms with Crippen LogP contribution in [0.5, 0.6) is 0 Å². The highest BCUT2D eigenvalue weighted by molar-refractivity contribution is 5.31. The van der Waals surface area contributed by atoms with E-state index in [1.165, 1.54) is 18.4 Å². The molecule has 90 valence electrons. The van der Waals surface area contributed by atoms with Gasteiger partial charge in [0.1, 0.15) is 0 Å². The van der Waals surface area contributed by atoms with Gasteiger partial charge in [0.2, 0.25) is 0 Å². The highest BCUT2D eigenvalue weighted by atomic mass is 16.3. The molecule has 0 aromatic heterocycles. The van der Waals surface area contributed by atoms with Crippen LogP contribution in [0.3, 0.4) is 0 Å². The molecule has 1 nitrogen and oxygen atoms in total. The van der Waals surface area contributed by atoms with Crippen LogP contribution in [0.25, 0.3) is 0 Å². The largest absolute Gasteiger partial charge is 0.392 e. The Morgan fingerprint density at radius 1 is 1.31 bits per heavy atom. The minimum absolute atomic E-state index is 0.182. The Labute approximate surface area is 99.3 Å². The fourth-order valence-corrected chi connectivity index (χ4v) is 3.39. The fourth-order valence-electron chi connectivity index (χ4n) is 3.39. The SMILES string of the molecule is C=C1CC(O)C(C(C)C)CC2=C(C)CCC12. The quantitative estimate of drug-likeness (QED) is 0.668. The van der Waals surface area contributed by atoms with Crippen molar-refractivity contribution in [3.63, 3.8) is 0 Å². The second-order valence-electron chi connectivity index (χ2n) is 5.94. The van der Waals surface area contributed by atoms with Gasteiger partial charge in [0.15, 0.2) is 0 Å². The third-order valence-electron chi connectivity index (χ3n) is 4.55. The highest BCUT2D eigenvalue weighted by Gasteiger charge is 2.35. The predicted octanol–water partition coefficient (Wildman–Crippen LogP) is 3.70. The molecule has 1 heteroatoms. The van der Waals surface area contributed by atoms with E-state index in [1.807, 2.05) is 0 Å². The van der Waals surface area contributed by atoms with Crippen molar-refractivity contribution < 1.29 is 5.11 Å². The van der Waals surface area contributed by atoms with Gasteiger partial charge in [0, 0.05) is 5.92 Å². The van der Waals surface area contributed by atoms with Crippen molar-refractivity contribution in [1.82, 2.24) is 0 Å². The van der Waals surface area contributed by atoms with E-state index in [2.05, 4.69) is 27.4 Å². The van der Waals surface area contributed by atoms with E-state index in [4.69, 9.17) is 0 Å². The summed E-state index contributed by atoms with van der Waals surface area (Å²) in [6.45, 7) is 10.9. The van der Waals surface area contributed by atoms with Crippen LogP contribution in [0.15, 0.2) is 23.3 Å². The van der Waals surface area contributed by atoms with E-state index in [9.17, 15) is 5.11 Å². The number of hydrogen-bond donors (Lipinski definition) is 1. The first kappa shape index (κ1) is 11.9. The molecule has 0 saturated heterocycles. The van der Waals surface area contributed by atoms with Crippen LogP contribution in [0.2, 0.25) is 0 Å². The molecule has 3 atom stereocenters. The number of rotatable bonds is 1. The molecule has 0 aromatic carbocycles. The summed E-state index contributed by atoms with van der Waals surface area (Å²) in [5.74, 6) is 1.56. The second kappa shape index (κ2) is 4.37. The maximum Gasteiger partial charge on any atom is 0.0611 e. The first-order chi connectivity index (χ1) is 7.50. The molecule has 1 N–H and O–H groups in total. The summed E-state index contributed by atoms with van der Waals surface area (Å²) in [5.41, 5.74) is 4.42. The van der Waals surface area contributed by atoms with Crippen molar-refractivity contribution in [3.05, 3.63) is 23.3 Å². The zero-order chi connectivity index (χ0) is 11.9. The van der Waals surface area contributed by atoms with Gasteiger partial charge >= 0.3 is 0 Å². The van der Waals surface area contributed by atoms with Gasteiger partial charge < -0.3 is 5.11 Å². The minimum Gasteiger partial charge on any atom is -0.392 e. The topological polar surface area (TPSA) is 20.2 Å². The standard InChI is InChI=1S/C15H24O/c1-9(2)13-8-14-10(3)5-6-12(14)11(4)7-15(13)16/h9,12-13,15-16H,4-8H2,1-3H3. The molecule has 1 saturated carbocycles. The van der Waals surface area contributed by atoms with Gasteiger partial charge in [-0.3, -0.25) is 0 Å². The van der Waals surface area contributed by atoms with Crippen LogP contribution in [0.1, 0.15) is 46.5 Å². The maximum atomic E-state index is 10.2. The summed E-state index contributed by atoms with van der Waals surface area (Å²) in [6, 6.07) is 0. The van der Waals surface area contributed by atoms with Crippen LogP contribution in [0.4, 0.5) is 0 Å². The molecule has 0 radical (unpaired) electrons. The molecule has 0 amide bonds. The Bertz CT molecular complexity index is 324. The third-order valence-corrected chi connectivity index (χ3v) is 4.55. The molecule has 3 unspecified atom stereocenters. The molecule has 2 rings (SSSR count). The number of fused-ring (bicyclic) bond motifs is 1. The summed E-state index contributed by atoms with van der Waals surface area (Å²) >= 11 is 0. The summed E-state index contributed by atoms with van der Waals surface area (Å²) in [4.78, 5) is 0. The van der Waals surface area contributed by atoms with Crippen molar-refractivity contribution in [2.75, 3.05) is 0 Å². The molecule has 0 aliphatic heterocycles. The molecule has 0 spiro atoms. The van der Waals surface area contributed by atoms with Gasteiger partial charge in [0.25, 0.3) is 0 Å². The summed E-state index contributed by atoms with van der Waals surface area (Å²) < 4.78 is 0. The van der Waals surface area contributed by atoms with E-state index in [0.29, 0.717) is 17.8 Å². The van der Waals surface area contributed by atoms with Gasteiger partial charge in [-0.15, -0.1) is 0 Å². The van der Waals surface area contributed by atoms with Gasteiger partial charge in [-0.05, 0) is 44.4 Å². The molecule has 0 bridgehead atoms. The second-order valence-corrected chi connectivity index (χ2v) is 5.94. The zero-order valence-electron chi connectivity index (χ0n) is 10.8. The minimum atomic E-state index is -0.182. The van der Waals surface area contributed by atoms with Crippen LogP contribution in [0, 0.1) is 17.8 Å². The Morgan fingerprint density at radius 3 is 2.62 bits per heavy atom. The average Bonchev–Trinajstić information content (AvgIpc) is 2.49. The lowest BCUT2D eigenvalue weighted by molar-refractivity contribution is 0.0852. The van der Waals surface area contributed by atoms with E-state index < -0.39 is 0 Å². The first-order valence-corrected chi connectivity index (χ1v) is 6.55. The van der Waals surface area contributed by atoms with Crippen molar-refractivity contribution in [2.24, 2.45) is 17.8 Å². The number of allylic oxidation sites excluding steroid dienone is 2. The lowest BCUT2D eigenvalue weighted by Gasteiger charge is -2.24. The van der Waals surface area contributed by atoms with Crippen LogP contribution in [-0.4, -0.2) is 11.2 Å². The third kappa shape index (κ3) is 1.98. The highest BCUT2D eigenvalue weighted by Crippen LogP contribution is 2.45. The monoisotopic (exact) mass is 220 g/mol. The lowest BCUT2D eigenvalue weighted by atomic mass is 9.84. The summed E-state index contributed by atoms with van der Waals surface area (Å²) in [6.07, 6.45) is 4.19. The Hall–Kier alpha value is -0.560. The van der Waals surface area contributed by atoms with Gasteiger partial charge in [-0.2, -0.15) is 0 Å². The molecule has 2 aliphatic rings. The predicted molar refractivity (Wildman–Crippen MR) is 68.1 cm³/mol. The fraction of sp³-hybridized carbons (Fsp3) is 0.733. The molecule has 16 heavy (non-hydrogen) atoms. The van der Waals surface area contributed by atoms with E-state index in [1.54, 1.807) is 11.1 Å². The molecule has 0 heterocycles. The normalized spacial score (nSPS) is 35.6. The van der Waals surface area contributed by atoms with Crippen molar-refractivity contribution in [2.45, 2.75) is 52.6 Å². The average molecular weight is 220 g/mol. The molecule has 2 aliphatic carbocycles. The van der Waals surface area contributed by atoms with Gasteiger partial charge in [-0.25, -0.2) is 0 Å². The van der Waals surface area contributed by atoms with Crippen LogP contribution in [-0.2, 0) is 0 Å². The van der Waals surface area contributed by atoms with Crippen LogP contribution >= 0.6 is 0 Å². The van der Waals surface area contributed by atoms with Crippen molar-refractivity contribution in [1.29, 1.82) is 0 Å². The first-order valence-electron chi connectivity index (χ1n) is 6.55. The Kier molecular flexibility index (Phi) is 3.25. The molecular weight excluding hydrogens is 196 g/mol. The summed E-state index contributed by atoms with van der Waals surface area (Å²) in [7, 11) is 0. The summed E-state index contributed by atoms with van der Waals surface area (Å²) in [5, 5.41) is 10.2. The number of aliphatic hydroxyl groups is 1. The van der Waals surface area contributed by atoms with Crippen molar-refractivity contribution in [3.8, 4) is 0 Å².